The van der Waals surface area contributed by atoms with E-state index in [9.17, 15) is 0 Å². The van der Waals surface area contributed by atoms with E-state index in [4.69, 9.17) is 20.8 Å². The monoisotopic (exact) mass is 383 g/mol. The highest BCUT2D eigenvalue weighted by molar-refractivity contribution is 6.30. The fraction of sp³-hybridized carbons (Fsp3) is 0.238. The molecule has 0 aliphatic carbocycles. The molecule has 0 saturated heterocycles. The van der Waals surface area contributed by atoms with Gasteiger partial charge in [0.25, 0.3) is 0 Å². The van der Waals surface area contributed by atoms with Gasteiger partial charge in [0.1, 0.15) is 12.4 Å². The minimum absolute atomic E-state index is 0.0258. The predicted octanol–water partition coefficient (Wildman–Crippen LogP) is 5.15. The number of hydrogen-bond donors (Lipinski definition) is 0. The SMILES string of the molecule is C=CCOc1ccc(CN(C)[C@@H](C)c2nnc(-c3cccc(Cl)c3)o2)cc1. The smallest absolute Gasteiger partial charge is 0.247 e. The first kappa shape index (κ1) is 19.1. The number of rotatable bonds is 8. The van der Waals surface area contributed by atoms with Crippen molar-refractivity contribution in [3.05, 3.63) is 77.7 Å². The highest BCUT2D eigenvalue weighted by atomic mass is 35.5. The standard InChI is InChI=1S/C21H22ClN3O2/c1-4-12-26-19-10-8-16(9-11-19)14-25(3)15(2)20-23-24-21(27-20)17-6-5-7-18(22)13-17/h4-11,13,15H,1,12,14H2,2-3H3/t15-/m0/s1. The summed E-state index contributed by atoms with van der Waals surface area (Å²) in [5, 5.41) is 8.99. The van der Waals surface area contributed by atoms with Crippen LogP contribution < -0.4 is 4.74 Å². The molecule has 3 aromatic rings. The molecule has 0 amide bonds. The van der Waals surface area contributed by atoms with Gasteiger partial charge in [0, 0.05) is 17.1 Å². The average molecular weight is 384 g/mol. The summed E-state index contributed by atoms with van der Waals surface area (Å²) in [4.78, 5) is 2.15. The largest absolute Gasteiger partial charge is 0.490 e. The number of ether oxygens (including phenoxy) is 1. The maximum atomic E-state index is 6.03. The van der Waals surface area contributed by atoms with Crippen LogP contribution in [0.2, 0.25) is 5.02 Å². The fourth-order valence-corrected chi connectivity index (χ4v) is 2.79. The molecule has 0 saturated carbocycles. The van der Waals surface area contributed by atoms with Gasteiger partial charge in [-0.1, -0.05) is 42.5 Å². The van der Waals surface area contributed by atoms with Crippen LogP contribution in [0, 0.1) is 0 Å². The summed E-state index contributed by atoms with van der Waals surface area (Å²) >= 11 is 6.03. The maximum Gasteiger partial charge on any atom is 0.247 e. The quantitative estimate of drug-likeness (QED) is 0.503. The van der Waals surface area contributed by atoms with E-state index in [-0.39, 0.29) is 6.04 Å². The average Bonchev–Trinajstić information content (AvgIpc) is 3.17. The van der Waals surface area contributed by atoms with E-state index in [1.54, 1.807) is 6.08 Å². The van der Waals surface area contributed by atoms with Crippen molar-refractivity contribution in [3.63, 3.8) is 0 Å². The zero-order chi connectivity index (χ0) is 19.2. The molecule has 0 N–H and O–H groups in total. The zero-order valence-electron chi connectivity index (χ0n) is 15.4. The second kappa shape index (κ2) is 8.84. The number of benzene rings is 2. The van der Waals surface area contributed by atoms with Gasteiger partial charge >= 0.3 is 0 Å². The lowest BCUT2D eigenvalue weighted by molar-refractivity contribution is 0.218. The molecule has 1 aromatic heterocycles. The lowest BCUT2D eigenvalue weighted by Crippen LogP contribution is -2.22. The van der Waals surface area contributed by atoms with Crippen molar-refractivity contribution in [3.8, 4) is 17.2 Å². The molecule has 0 bridgehead atoms. The highest BCUT2D eigenvalue weighted by Crippen LogP contribution is 2.26. The first-order valence-corrected chi connectivity index (χ1v) is 9.07. The first-order valence-electron chi connectivity index (χ1n) is 8.69. The van der Waals surface area contributed by atoms with Crippen LogP contribution in [-0.4, -0.2) is 28.8 Å². The van der Waals surface area contributed by atoms with E-state index in [0.29, 0.717) is 23.4 Å². The molecule has 0 aliphatic rings. The summed E-state index contributed by atoms with van der Waals surface area (Å²) in [6.45, 7) is 6.94. The summed E-state index contributed by atoms with van der Waals surface area (Å²) in [5.41, 5.74) is 1.98. The Bertz CT molecular complexity index is 892. The van der Waals surface area contributed by atoms with Gasteiger partial charge in [0.05, 0.1) is 6.04 Å². The third-order valence-corrected chi connectivity index (χ3v) is 4.49. The summed E-state index contributed by atoms with van der Waals surface area (Å²) in [7, 11) is 2.02. The molecule has 6 heteroatoms. The Balaban J connectivity index is 1.65. The molecular formula is C21H22ClN3O2. The minimum atomic E-state index is -0.0258. The molecule has 0 radical (unpaired) electrons. The van der Waals surface area contributed by atoms with Crippen LogP contribution >= 0.6 is 11.6 Å². The van der Waals surface area contributed by atoms with Crippen molar-refractivity contribution >= 4 is 11.6 Å². The van der Waals surface area contributed by atoms with Crippen molar-refractivity contribution in [2.24, 2.45) is 0 Å². The number of hydrogen-bond acceptors (Lipinski definition) is 5. The van der Waals surface area contributed by atoms with Gasteiger partial charge < -0.3 is 9.15 Å². The first-order chi connectivity index (χ1) is 13.1. The van der Waals surface area contributed by atoms with E-state index in [0.717, 1.165) is 17.9 Å². The Morgan fingerprint density at radius 3 is 2.70 bits per heavy atom. The lowest BCUT2D eigenvalue weighted by Gasteiger charge is -2.21. The third kappa shape index (κ3) is 4.96. The summed E-state index contributed by atoms with van der Waals surface area (Å²) in [6.07, 6.45) is 1.73. The normalized spacial score (nSPS) is 12.1. The van der Waals surface area contributed by atoms with Crippen molar-refractivity contribution in [2.45, 2.75) is 19.5 Å². The van der Waals surface area contributed by atoms with Crippen molar-refractivity contribution in [1.29, 1.82) is 0 Å². The Labute approximate surface area is 164 Å². The number of halogens is 1. The summed E-state index contributed by atoms with van der Waals surface area (Å²) in [5.74, 6) is 1.87. The topological polar surface area (TPSA) is 51.4 Å². The van der Waals surface area contributed by atoms with Crippen molar-refractivity contribution in [1.82, 2.24) is 15.1 Å². The predicted molar refractivity (Wildman–Crippen MR) is 107 cm³/mol. The molecule has 0 fully saturated rings. The van der Waals surface area contributed by atoms with Crippen LogP contribution in [0.1, 0.15) is 24.4 Å². The molecular weight excluding hydrogens is 362 g/mol. The van der Waals surface area contributed by atoms with E-state index >= 15 is 0 Å². The Hall–Kier alpha value is -2.63. The van der Waals surface area contributed by atoms with Gasteiger partial charge in [-0.05, 0) is 49.9 Å². The molecule has 2 aromatic carbocycles. The number of aromatic nitrogens is 2. The van der Waals surface area contributed by atoms with E-state index in [2.05, 4.69) is 21.7 Å². The summed E-state index contributed by atoms with van der Waals surface area (Å²) < 4.78 is 11.4. The molecule has 27 heavy (non-hydrogen) atoms. The van der Waals surface area contributed by atoms with Crippen molar-refractivity contribution < 1.29 is 9.15 Å². The van der Waals surface area contributed by atoms with Crippen LogP contribution in [-0.2, 0) is 6.54 Å². The molecule has 0 aliphatic heterocycles. The molecule has 3 rings (SSSR count). The molecule has 0 unspecified atom stereocenters. The Morgan fingerprint density at radius 1 is 1.22 bits per heavy atom. The maximum absolute atomic E-state index is 6.03. The Morgan fingerprint density at radius 2 is 2.00 bits per heavy atom. The second-order valence-corrected chi connectivity index (χ2v) is 6.73. The van der Waals surface area contributed by atoms with Gasteiger partial charge in [-0.2, -0.15) is 0 Å². The van der Waals surface area contributed by atoms with E-state index in [1.165, 1.54) is 5.56 Å². The fourth-order valence-electron chi connectivity index (χ4n) is 2.60. The minimum Gasteiger partial charge on any atom is -0.490 e. The van der Waals surface area contributed by atoms with E-state index < -0.39 is 0 Å². The van der Waals surface area contributed by atoms with Crippen molar-refractivity contribution in [2.75, 3.05) is 13.7 Å². The van der Waals surface area contributed by atoms with Gasteiger partial charge in [0.2, 0.25) is 11.8 Å². The third-order valence-electron chi connectivity index (χ3n) is 4.25. The van der Waals surface area contributed by atoms with Crippen LogP contribution in [0.3, 0.4) is 0 Å². The molecule has 140 valence electrons. The summed E-state index contributed by atoms with van der Waals surface area (Å²) in [6, 6.07) is 15.4. The molecule has 1 heterocycles. The van der Waals surface area contributed by atoms with Crippen LogP contribution in [0.5, 0.6) is 5.75 Å². The van der Waals surface area contributed by atoms with E-state index in [1.807, 2.05) is 62.5 Å². The van der Waals surface area contributed by atoms with Gasteiger partial charge in [-0.15, -0.1) is 10.2 Å². The van der Waals surface area contributed by atoms with Crippen LogP contribution in [0.4, 0.5) is 0 Å². The van der Waals surface area contributed by atoms with Gasteiger partial charge in [0.15, 0.2) is 0 Å². The number of nitrogens with zero attached hydrogens (tertiary/aromatic N) is 3. The molecule has 5 nitrogen and oxygen atoms in total. The van der Waals surface area contributed by atoms with Gasteiger partial charge in [-0.3, -0.25) is 4.90 Å². The van der Waals surface area contributed by atoms with Gasteiger partial charge in [-0.25, -0.2) is 0 Å². The van der Waals surface area contributed by atoms with Crippen LogP contribution in [0.15, 0.2) is 65.6 Å². The lowest BCUT2D eigenvalue weighted by atomic mass is 10.2. The van der Waals surface area contributed by atoms with Crippen LogP contribution in [0.25, 0.3) is 11.5 Å². The molecule has 0 spiro atoms. The zero-order valence-corrected chi connectivity index (χ0v) is 16.2. The molecule has 1 atom stereocenters. The Kier molecular flexibility index (Phi) is 6.27. The second-order valence-electron chi connectivity index (χ2n) is 6.29. The highest BCUT2D eigenvalue weighted by Gasteiger charge is 2.19.